The van der Waals surface area contributed by atoms with Gasteiger partial charge in [0.1, 0.15) is 11.3 Å². The van der Waals surface area contributed by atoms with Gasteiger partial charge in [0.25, 0.3) is 0 Å². The Labute approximate surface area is 112 Å². The Hall–Kier alpha value is -2.63. The summed E-state index contributed by atoms with van der Waals surface area (Å²) >= 11 is 0. The van der Waals surface area contributed by atoms with Crippen LogP contribution in [-0.4, -0.2) is 11.6 Å². The Balaban J connectivity index is 2.01. The number of alkyl halides is 2. The normalized spacial score (nSPS) is 11.2. The van der Waals surface area contributed by atoms with Crippen molar-refractivity contribution in [1.29, 1.82) is 0 Å². The van der Waals surface area contributed by atoms with Crippen LogP contribution in [-0.2, 0) is 0 Å². The summed E-state index contributed by atoms with van der Waals surface area (Å²) in [7, 11) is 0. The second-order valence-corrected chi connectivity index (χ2v) is 4.15. The van der Waals surface area contributed by atoms with Gasteiger partial charge in [-0.15, -0.1) is 0 Å². The lowest BCUT2D eigenvalue weighted by molar-refractivity contribution is -0.0498. The molecule has 0 saturated heterocycles. The van der Waals surface area contributed by atoms with Crippen LogP contribution in [0.5, 0.6) is 5.75 Å². The predicted octanol–water partition coefficient (Wildman–Crippen LogP) is 3.68. The molecule has 0 radical (unpaired) electrons. The van der Waals surface area contributed by atoms with Gasteiger partial charge < -0.3 is 14.9 Å². The largest absolute Gasteiger partial charge is 0.436 e. The first-order chi connectivity index (χ1) is 9.61. The number of aromatic nitrogens is 1. The molecule has 6 heteroatoms. The van der Waals surface area contributed by atoms with Gasteiger partial charge in [0.15, 0.2) is 5.58 Å². The molecule has 3 rings (SSSR count). The first-order valence-corrected chi connectivity index (χ1v) is 5.83. The molecule has 3 aromatic rings. The molecule has 0 spiro atoms. The minimum atomic E-state index is -2.87. The topological polar surface area (TPSA) is 61.3 Å². The van der Waals surface area contributed by atoms with Gasteiger partial charge in [-0.1, -0.05) is 6.07 Å². The van der Waals surface area contributed by atoms with Crippen LogP contribution >= 0.6 is 0 Å². The lowest BCUT2D eigenvalue weighted by Crippen LogP contribution is -2.01. The van der Waals surface area contributed by atoms with E-state index in [9.17, 15) is 8.78 Å². The lowest BCUT2D eigenvalue weighted by atomic mass is 10.2. The molecule has 102 valence electrons. The van der Waals surface area contributed by atoms with Crippen molar-refractivity contribution in [3.63, 3.8) is 0 Å². The fraction of sp³-hybridized carbons (Fsp3) is 0.0714. The summed E-state index contributed by atoms with van der Waals surface area (Å²) in [6, 6.07) is 11.3. The number of oxazole rings is 1. The van der Waals surface area contributed by atoms with E-state index >= 15 is 0 Å². The molecule has 0 unspecified atom stereocenters. The fourth-order valence-electron chi connectivity index (χ4n) is 1.87. The van der Waals surface area contributed by atoms with Gasteiger partial charge >= 0.3 is 6.61 Å². The molecule has 0 aliphatic rings. The van der Waals surface area contributed by atoms with Crippen molar-refractivity contribution in [2.45, 2.75) is 6.61 Å². The molecule has 0 atom stereocenters. The van der Waals surface area contributed by atoms with E-state index in [0.29, 0.717) is 28.2 Å². The summed E-state index contributed by atoms with van der Waals surface area (Å²) in [6.45, 7) is -2.87. The van der Waals surface area contributed by atoms with E-state index in [1.165, 1.54) is 12.1 Å². The number of anilines is 1. The number of rotatable bonds is 3. The Morgan fingerprint density at radius 3 is 2.80 bits per heavy atom. The van der Waals surface area contributed by atoms with E-state index < -0.39 is 6.61 Å². The Bertz CT molecular complexity index is 756. The Morgan fingerprint density at radius 1 is 1.15 bits per heavy atom. The van der Waals surface area contributed by atoms with Crippen LogP contribution in [0.3, 0.4) is 0 Å². The molecule has 1 heterocycles. The molecule has 2 N–H and O–H groups in total. The third-order valence-corrected chi connectivity index (χ3v) is 2.72. The monoisotopic (exact) mass is 276 g/mol. The van der Waals surface area contributed by atoms with Crippen molar-refractivity contribution in [2.75, 3.05) is 5.73 Å². The Morgan fingerprint density at radius 2 is 2.00 bits per heavy atom. The fourth-order valence-corrected chi connectivity index (χ4v) is 1.87. The molecular formula is C14H10F2N2O2. The maximum Gasteiger partial charge on any atom is 0.387 e. The highest BCUT2D eigenvalue weighted by Crippen LogP contribution is 2.28. The molecule has 4 nitrogen and oxygen atoms in total. The van der Waals surface area contributed by atoms with Gasteiger partial charge in [-0.3, -0.25) is 0 Å². The number of benzene rings is 2. The van der Waals surface area contributed by atoms with Crippen molar-refractivity contribution in [1.82, 2.24) is 4.98 Å². The van der Waals surface area contributed by atoms with Crippen LogP contribution in [0, 0.1) is 0 Å². The zero-order valence-corrected chi connectivity index (χ0v) is 10.2. The summed E-state index contributed by atoms with van der Waals surface area (Å²) in [4.78, 5) is 4.27. The highest BCUT2D eigenvalue weighted by atomic mass is 19.3. The molecule has 0 amide bonds. The SMILES string of the molecule is Nc1ccc2oc(-c3cccc(OC(F)F)c3)nc2c1. The summed E-state index contributed by atoms with van der Waals surface area (Å²) in [5.41, 5.74) is 7.98. The van der Waals surface area contributed by atoms with Crippen molar-refractivity contribution in [3.05, 3.63) is 42.5 Å². The minimum absolute atomic E-state index is 0.0549. The smallest absolute Gasteiger partial charge is 0.387 e. The number of nitrogen functional groups attached to an aromatic ring is 1. The number of hydrogen-bond donors (Lipinski definition) is 1. The van der Waals surface area contributed by atoms with Gasteiger partial charge in [-0.25, -0.2) is 4.98 Å². The number of hydrogen-bond acceptors (Lipinski definition) is 4. The predicted molar refractivity (Wildman–Crippen MR) is 70.5 cm³/mol. The number of fused-ring (bicyclic) bond motifs is 1. The van der Waals surface area contributed by atoms with E-state index in [0.717, 1.165) is 0 Å². The van der Waals surface area contributed by atoms with Crippen LogP contribution in [0.4, 0.5) is 14.5 Å². The molecule has 0 fully saturated rings. The molecule has 0 saturated carbocycles. The second-order valence-electron chi connectivity index (χ2n) is 4.15. The maximum absolute atomic E-state index is 12.2. The zero-order valence-electron chi connectivity index (χ0n) is 10.2. The summed E-state index contributed by atoms with van der Waals surface area (Å²) in [5, 5.41) is 0. The number of ether oxygens (including phenoxy) is 1. The Kier molecular flexibility index (Phi) is 2.98. The standard InChI is InChI=1S/C14H10F2N2O2/c15-14(16)19-10-3-1-2-8(6-10)13-18-11-7-9(17)4-5-12(11)20-13/h1-7,14H,17H2. The van der Waals surface area contributed by atoms with Gasteiger partial charge in [-0.05, 0) is 36.4 Å². The molecular weight excluding hydrogens is 266 g/mol. The van der Waals surface area contributed by atoms with Crippen LogP contribution in [0.1, 0.15) is 0 Å². The molecule has 0 aliphatic carbocycles. The van der Waals surface area contributed by atoms with Gasteiger partial charge in [0.2, 0.25) is 5.89 Å². The summed E-state index contributed by atoms with van der Waals surface area (Å²) in [6.07, 6.45) is 0. The zero-order chi connectivity index (χ0) is 14.1. The quantitative estimate of drug-likeness (QED) is 0.741. The molecule has 2 aromatic carbocycles. The second kappa shape index (κ2) is 4.80. The summed E-state index contributed by atoms with van der Waals surface area (Å²) < 4.78 is 34.3. The van der Waals surface area contributed by atoms with E-state index in [2.05, 4.69) is 9.72 Å². The highest BCUT2D eigenvalue weighted by molar-refractivity contribution is 5.79. The van der Waals surface area contributed by atoms with Crippen LogP contribution in [0.15, 0.2) is 46.9 Å². The first kappa shape index (κ1) is 12.4. The average Bonchev–Trinajstić information content (AvgIpc) is 2.81. The van der Waals surface area contributed by atoms with E-state index in [1.54, 1.807) is 30.3 Å². The van der Waals surface area contributed by atoms with Crippen LogP contribution < -0.4 is 10.5 Å². The molecule has 1 aromatic heterocycles. The molecule has 0 bridgehead atoms. The number of halogens is 2. The van der Waals surface area contributed by atoms with Crippen molar-refractivity contribution in [3.8, 4) is 17.2 Å². The first-order valence-electron chi connectivity index (χ1n) is 5.83. The van der Waals surface area contributed by atoms with E-state index in [4.69, 9.17) is 10.2 Å². The lowest BCUT2D eigenvalue weighted by Gasteiger charge is -2.04. The van der Waals surface area contributed by atoms with E-state index in [-0.39, 0.29) is 5.75 Å². The van der Waals surface area contributed by atoms with Gasteiger partial charge in [0, 0.05) is 11.3 Å². The number of nitrogens with zero attached hydrogens (tertiary/aromatic N) is 1. The minimum Gasteiger partial charge on any atom is -0.436 e. The molecule has 0 aliphatic heterocycles. The van der Waals surface area contributed by atoms with Gasteiger partial charge in [0.05, 0.1) is 0 Å². The van der Waals surface area contributed by atoms with Crippen molar-refractivity contribution in [2.24, 2.45) is 0 Å². The third-order valence-electron chi connectivity index (χ3n) is 2.72. The average molecular weight is 276 g/mol. The summed E-state index contributed by atoms with van der Waals surface area (Å²) in [5.74, 6) is 0.379. The highest BCUT2D eigenvalue weighted by Gasteiger charge is 2.11. The number of nitrogens with two attached hydrogens (primary N) is 1. The third kappa shape index (κ3) is 2.40. The van der Waals surface area contributed by atoms with Crippen molar-refractivity contribution >= 4 is 16.8 Å². The van der Waals surface area contributed by atoms with Crippen molar-refractivity contribution < 1.29 is 17.9 Å². The van der Waals surface area contributed by atoms with E-state index in [1.807, 2.05) is 0 Å². The van der Waals surface area contributed by atoms with Crippen LogP contribution in [0.25, 0.3) is 22.6 Å². The maximum atomic E-state index is 12.2. The molecule has 20 heavy (non-hydrogen) atoms. The van der Waals surface area contributed by atoms with Gasteiger partial charge in [-0.2, -0.15) is 8.78 Å². The van der Waals surface area contributed by atoms with Crippen LogP contribution in [0.2, 0.25) is 0 Å².